The number of hydrogen-bond acceptors (Lipinski definition) is 3. The van der Waals surface area contributed by atoms with Crippen LogP contribution in [-0.2, 0) is 0 Å². The first-order valence-electron chi connectivity index (χ1n) is 7.62. The molecule has 0 N–H and O–H groups in total. The van der Waals surface area contributed by atoms with Gasteiger partial charge in [-0.25, -0.2) is 0 Å². The van der Waals surface area contributed by atoms with E-state index in [-0.39, 0.29) is 12.5 Å². The van der Waals surface area contributed by atoms with Crippen molar-refractivity contribution < 1.29 is 14.3 Å². The van der Waals surface area contributed by atoms with Crippen LogP contribution in [0.25, 0.3) is 0 Å². The predicted molar refractivity (Wildman–Crippen MR) is 87.6 cm³/mol. The molecule has 0 radical (unpaired) electrons. The molecule has 0 bridgehead atoms. The van der Waals surface area contributed by atoms with Gasteiger partial charge in [-0.1, -0.05) is 30.3 Å². The van der Waals surface area contributed by atoms with E-state index >= 15 is 0 Å². The molecule has 3 aromatic rings. The molecular weight excluding hydrogens is 287 g/mol. The number of ether oxygens (including phenoxy) is 2. The van der Waals surface area contributed by atoms with E-state index in [9.17, 15) is 4.79 Å². The lowest BCUT2D eigenvalue weighted by atomic mass is 9.31. The number of carbonyl (C=O) groups excluding carboxylic acids is 1. The van der Waals surface area contributed by atoms with Crippen molar-refractivity contribution in [2.24, 2.45) is 0 Å². The summed E-state index contributed by atoms with van der Waals surface area (Å²) in [7, 11) is 0. The molecule has 0 spiro atoms. The number of carbonyl (C=O) groups is 1. The summed E-state index contributed by atoms with van der Waals surface area (Å²) < 4.78 is 12.1. The average molecular weight is 296 g/mol. The van der Waals surface area contributed by atoms with Gasteiger partial charge in [-0.05, 0) is 35.2 Å². The molecule has 106 valence electrons. The van der Waals surface area contributed by atoms with Crippen LogP contribution in [0.2, 0.25) is 0 Å². The molecule has 3 heterocycles. The molecule has 0 saturated carbocycles. The van der Waals surface area contributed by atoms with Crippen LogP contribution in [0.3, 0.4) is 0 Å². The minimum atomic E-state index is 0.0128. The summed E-state index contributed by atoms with van der Waals surface area (Å²) in [6.07, 6.45) is 0. The largest absolute Gasteiger partial charge is 0.458 e. The maximum atomic E-state index is 12.9. The maximum absolute atomic E-state index is 12.9. The Morgan fingerprint density at radius 2 is 1.04 bits per heavy atom. The SMILES string of the molecule is O=C1c2cccc3c2B2c4c(cccc4Oc4cccc1c42)O3. The van der Waals surface area contributed by atoms with Crippen molar-refractivity contribution in [1.82, 2.24) is 0 Å². The zero-order valence-corrected chi connectivity index (χ0v) is 12.0. The van der Waals surface area contributed by atoms with Crippen molar-refractivity contribution in [2.75, 3.05) is 0 Å². The van der Waals surface area contributed by atoms with Crippen molar-refractivity contribution in [3.63, 3.8) is 0 Å². The Morgan fingerprint density at radius 3 is 1.57 bits per heavy atom. The third-order valence-electron chi connectivity index (χ3n) is 4.95. The van der Waals surface area contributed by atoms with Crippen LogP contribution in [0, 0.1) is 0 Å². The Balaban J connectivity index is 1.83. The topological polar surface area (TPSA) is 35.5 Å². The Morgan fingerprint density at radius 1 is 0.609 bits per heavy atom. The van der Waals surface area contributed by atoms with E-state index in [2.05, 4.69) is 0 Å². The van der Waals surface area contributed by atoms with E-state index in [4.69, 9.17) is 9.47 Å². The van der Waals surface area contributed by atoms with Crippen molar-refractivity contribution in [3.05, 3.63) is 65.7 Å². The highest BCUT2D eigenvalue weighted by Crippen LogP contribution is 2.37. The van der Waals surface area contributed by atoms with E-state index in [1.807, 2.05) is 54.6 Å². The highest BCUT2D eigenvalue weighted by atomic mass is 16.5. The van der Waals surface area contributed by atoms with Crippen LogP contribution in [0.5, 0.6) is 23.0 Å². The highest BCUT2D eigenvalue weighted by molar-refractivity contribution is 7.00. The fourth-order valence-corrected chi connectivity index (χ4v) is 4.06. The number of benzene rings is 3. The summed E-state index contributed by atoms with van der Waals surface area (Å²) in [5.74, 6) is 3.21. The smallest absolute Gasteiger partial charge is 0.262 e. The molecule has 3 aromatic carbocycles. The molecule has 0 fully saturated rings. The van der Waals surface area contributed by atoms with Gasteiger partial charge in [0.2, 0.25) is 0 Å². The van der Waals surface area contributed by atoms with E-state index < -0.39 is 0 Å². The third-order valence-corrected chi connectivity index (χ3v) is 4.95. The minimum Gasteiger partial charge on any atom is -0.458 e. The van der Waals surface area contributed by atoms with Crippen molar-refractivity contribution >= 4 is 28.9 Å². The van der Waals surface area contributed by atoms with Crippen LogP contribution in [0.1, 0.15) is 15.9 Å². The molecule has 3 aliphatic heterocycles. The summed E-state index contributed by atoms with van der Waals surface area (Å²) in [5.41, 5.74) is 4.44. The standard InChI is InChI=1S/C19H9BO3/c21-19-10-4-1-6-12-16(10)20-17-11(19)5-2-7-13(17)23-15-9-3-8-14(22-12)18(15)20/h1-9H. The number of rotatable bonds is 0. The summed E-state index contributed by atoms with van der Waals surface area (Å²) in [6.45, 7) is 0.0128. The van der Waals surface area contributed by atoms with E-state index in [0.717, 1.165) is 50.5 Å². The molecule has 0 saturated heterocycles. The molecule has 0 aliphatic carbocycles. The second kappa shape index (κ2) is 3.66. The Kier molecular flexibility index (Phi) is 1.84. The molecule has 0 amide bonds. The molecule has 3 aliphatic rings. The first-order chi connectivity index (χ1) is 11.3. The van der Waals surface area contributed by atoms with E-state index in [1.54, 1.807) is 0 Å². The normalized spacial score (nSPS) is 14.8. The fraction of sp³-hybridized carbons (Fsp3) is 0. The lowest BCUT2D eigenvalue weighted by molar-refractivity contribution is 0.103. The van der Waals surface area contributed by atoms with Crippen LogP contribution in [0.15, 0.2) is 54.6 Å². The van der Waals surface area contributed by atoms with E-state index in [0.29, 0.717) is 0 Å². The first kappa shape index (κ1) is 11.5. The van der Waals surface area contributed by atoms with Crippen molar-refractivity contribution in [3.8, 4) is 23.0 Å². The first-order valence-corrected chi connectivity index (χ1v) is 7.62. The van der Waals surface area contributed by atoms with Gasteiger partial charge in [0.1, 0.15) is 23.0 Å². The predicted octanol–water partition coefficient (Wildman–Crippen LogP) is 1.96. The molecule has 0 aromatic heterocycles. The van der Waals surface area contributed by atoms with Gasteiger partial charge in [0.15, 0.2) is 5.78 Å². The van der Waals surface area contributed by atoms with Gasteiger partial charge in [0.25, 0.3) is 6.71 Å². The lowest BCUT2D eigenvalue weighted by Crippen LogP contribution is -2.62. The molecule has 6 rings (SSSR count). The minimum absolute atomic E-state index is 0.0128. The van der Waals surface area contributed by atoms with Crippen LogP contribution >= 0.6 is 0 Å². The Labute approximate surface area is 132 Å². The third kappa shape index (κ3) is 1.22. The van der Waals surface area contributed by atoms with Crippen molar-refractivity contribution in [2.45, 2.75) is 0 Å². The quantitative estimate of drug-likeness (QED) is 0.402. The lowest BCUT2D eigenvalue weighted by Gasteiger charge is -2.37. The second-order valence-electron chi connectivity index (χ2n) is 6.07. The zero-order chi connectivity index (χ0) is 15.1. The maximum Gasteiger partial charge on any atom is 0.262 e. The van der Waals surface area contributed by atoms with Crippen LogP contribution in [-0.4, -0.2) is 12.5 Å². The summed E-state index contributed by atoms with van der Waals surface area (Å²) in [5, 5.41) is 0. The van der Waals surface area contributed by atoms with Gasteiger partial charge in [-0.15, -0.1) is 0 Å². The molecule has 4 heteroatoms. The second-order valence-corrected chi connectivity index (χ2v) is 6.07. The van der Waals surface area contributed by atoms with Gasteiger partial charge in [-0.3, -0.25) is 4.79 Å². The Hall–Kier alpha value is -3.01. The fourth-order valence-electron chi connectivity index (χ4n) is 4.06. The summed E-state index contributed by atoms with van der Waals surface area (Å²) in [6, 6.07) is 17.3. The highest BCUT2D eigenvalue weighted by Gasteiger charge is 2.46. The average Bonchev–Trinajstić information content (AvgIpc) is 2.59. The van der Waals surface area contributed by atoms with Gasteiger partial charge in [-0.2, -0.15) is 0 Å². The van der Waals surface area contributed by atoms with Crippen LogP contribution in [0.4, 0.5) is 0 Å². The van der Waals surface area contributed by atoms with Crippen LogP contribution < -0.4 is 25.9 Å². The summed E-state index contributed by atoms with van der Waals surface area (Å²) in [4.78, 5) is 12.9. The Bertz CT molecular complexity index is 977. The number of hydrogen-bond donors (Lipinski definition) is 0. The molecule has 3 nitrogen and oxygen atoms in total. The van der Waals surface area contributed by atoms with Gasteiger partial charge in [0.05, 0.1) is 0 Å². The molecule has 23 heavy (non-hydrogen) atoms. The van der Waals surface area contributed by atoms with Crippen molar-refractivity contribution in [1.29, 1.82) is 0 Å². The molecule has 0 unspecified atom stereocenters. The van der Waals surface area contributed by atoms with E-state index in [1.165, 1.54) is 0 Å². The monoisotopic (exact) mass is 296 g/mol. The zero-order valence-electron chi connectivity index (χ0n) is 12.0. The number of ketones is 1. The summed E-state index contributed by atoms with van der Waals surface area (Å²) >= 11 is 0. The molecular formula is C19H9BO3. The van der Waals surface area contributed by atoms with Gasteiger partial charge >= 0.3 is 0 Å². The van der Waals surface area contributed by atoms with Gasteiger partial charge < -0.3 is 9.47 Å². The van der Waals surface area contributed by atoms with Gasteiger partial charge in [0, 0.05) is 16.6 Å². The molecule has 0 atom stereocenters.